The van der Waals surface area contributed by atoms with Gasteiger partial charge in [-0.3, -0.25) is 0 Å². The third kappa shape index (κ3) is 5.42. The van der Waals surface area contributed by atoms with Crippen LogP contribution in [-0.4, -0.2) is 24.5 Å². The molecule has 0 atom stereocenters. The lowest BCUT2D eigenvalue weighted by Crippen LogP contribution is -2.30. The van der Waals surface area contributed by atoms with Crippen LogP contribution >= 0.6 is 0 Å². The normalized spacial score (nSPS) is 11.9. The van der Waals surface area contributed by atoms with Crippen LogP contribution in [0.4, 0.5) is 4.79 Å². The average molecular weight is 264 g/mol. The maximum Gasteiger partial charge on any atom is 0.428 e. The highest BCUT2D eigenvalue weighted by molar-refractivity contribution is 5.99. The van der Waals surface area contributed by atoms with Gasteiger partial charge in [-0.1, -0.05) is 12.1 Å². The SMILES string of the molecule is COc1cccc(/C(C)=N\NC(=O)OC(C)(C)C)c1. The van der Waals surface area contributed by atoms with Crippen LogP contribution in [0.3, 0.4) is 0 Å². The minimum Gasteiger partial charge on any atom is -0.497 e. The summed E-state index contributed by atoms with van der Waals surface area (Å²) >= 11 is 0. The minimum absolute atomic E-state index is 0.538. The van der Waals surface area contributed by atoms with Crippen LogP contribution in [0.2, 0.25) is 0 Å². The third-order valence-electron chi connectivity index (χ3n) is 2.20. The number of ether oxygens (including phenoxy) is 2. The van der Waals surface area contributed by atoms with Crippen molar-refractivity contribution in [2.75, 3.05) is 7.11 Å². The van der Waals surface area contributed by atoms with Gasteiger partial charge in [-0.15, -0.1) is 0 Å². The van der Waals surface area contributed by atoms with E-state index in [9.17, 15) is 4.79 Å². The molecule has 0 radical (unpaired) electrons. The Morgan fingerprint density at radius 1 is 1.32 bits per heavy atom. The number of hydrogen-bond donors (Lipinski definition) is 1. The molecule has 0 spiro atoms. The zero-order chi connectivity index (χ0) is 14.5. The first-order chi connectivity index (χ1) is 8.81. The van der Waals surface area contributed by atoms with Gasteiger partial charge in [0.05, 0.1) is 12.8 Å². The van der Waals surface area contributed by atoms with Crippen LogP contribution in [0.25, 0.3) is 0 Å². The van der Waals surface area contributed by atoms with E-state index in [1.807, 2.05) is 24.3 Å². The lowest BCUT2D eigenvalue weighted by Gasteiger charge is -2.18. The van der Waals surface area contributed by atoms with E-state index in [4.69, 9.17) is 9.47 Å². The highest BCUT2D eigenvalue weighted by Gasteiger charge is 2.15. The Hall–Kier alpha value is -2.04. The molecule has 0 heterocycles. The molecule has 5 heteroatoms. The number of nitrogens with one attached hydrogen (secondary N) is 1. The van der Waals surface area contributed by atoms with Gasteiger partial charge in [0.25, 0.3) is 0 Å². The van der Waals surface area contributed by atoms with E-state index in [2.05, 4.69) is 10.5 Å². The van der Waals surface area contributed by atoms with Crippen LogP contribution in [0.5, 0.6) is 5.75 Å². The van der Waals surface area contributed by atoms with E-state index in [0.29, 0.717) is 5.71 Å². The Morgan fingerprint density at radius 3 is 2.58 bits per heavy atom. The summed E-state index contributed by atoms with van der Waals surface area (Å²) in [7, 11) is 1.60. The number of carbonyl (C=O) groups is 1. The topological polar surface area (TPSA) is 59.9 Å². The van der Waals surface area contributed by atoms with Gasteiger partial charge in [0.2, 0.25) is 0 Å². The quantitative estimate of drug-likeness (QED) is 0.674. The number of methoxy groups -OCH3 is 1. The monoisotopic (exact) mass is 264 g/mol. The minimum atomic E-state index is -0.574. The van der Waals surface area contributed by atoms with Crippen molar-refractivity contribution in [1.82, 2.24) is 5.43 Å². The van der Waals surface area contributed by atoms with Gasteiger partial charge in [-0.2, -0.15) is 5.10 Å². The number of carbonyl (C=O) groups excluding carboxylic acids is 1. The smallest absolute Gasteiger partial charge is 0.428 e. The van der Waals surface area contributed by atoms with E-state index in [1.165, 1.54) is 0 Å². The van der Waals surface area contributed by atoms with Crippen molar-refractivity contribution in [2.24, 2.45) is 5.10 Å². The number of rotatable bonds is 3. The number of hydrazone groups is 1. The van der Waals surface area contributed by atoms with E-state index >= 15 is 0 Å². The summed E-state index contributed by atoms with van der Waals surface area (Å²) in [6.45, 7) is 7.19. The number of nitrogens with zero attached hydrogens (tertiary/aromatic N) is 1. The molecule has 0 saturated heterocycles. The van der Waals surface area contributed by atoms with Crippen LogP contribution < -0.4 is 10.2 Å². The van der Waals surface area contributed by atoms with Gasteiger partial charge in [0, 0.05) is 5.56 Å². The first-order valence-corrected chi connectivity index (χ1v) is 5.99. The second kappa shape index (κ2) is 6.22. The molecule has 0 aliphatic rings. The summed E-state index contributed by atoms with van der Waals surface area (Å²) in [6, 6.07) is 7.44. The fourth-order valence-electron chi connectivity index (χ4n) is 1.34. The van der Waals surface area contributed by atoms with Crippen molar-refractivity contribution in [3.63, 3.8) is 0 Å². The molecule has 0 fully saturated rings. The van der Waals surface area contributed by atoms with Crippen LogP contribution in [0, 0.1) is 0 Å². The van der Waals surface area contributed by atoms with E-state index in [1.54, 1.807) is 34.8 Å². The molecule has 19 heavy (non-hydrogen) atoms. The molecule has 1 amide bonds. The summed E-state index contributed by atoms with van der Waals surface area (Å²) in [5.74, 6) is 0.740. The average Bonchev–Trinajstić information content (AvgIpc) is 2.34. The number of hydrogen-bond acceptors (Lipinski definition) is 4. The van der Waals surface area contributed by atoms with Crippen molar-refractivity contribution in [2.45, 2.75) is 33.3 Å². The lowest BCUT2D eigenvalue weighted by molar-refractivity contribution is 0.0529. The first-order valence-electron chi connectivity index (χ1n) is 5.99. The Bertz CT molecular complexity index is 476. The first kappa shape index (κ1) is 15.0. The molecule has 1 rings (SSSR count). The van der Waals surface area contributed by atoms with Gasteiger partial charge in [-0.05, 0) is 39.8 Å². The largest absolute Gasteiger partial charge is 0.497 e. The van der Waals surface area contributed by atoms with Crippen molar-refractivity contribution >= 4 is 11.8 Å². The summed E-state index contributed by atoms with van der Waals surface area (Å²) < 4.78 is 10.2. The van der Waals surface area contributed by atoms with Crippen LogP contribution in [0.15, 0.2) is 29.4 Å². The van der Waals surface area contributed by atoms with Crippen molar-refractivity contribution in [3.8, 4) is 5.75 Å². The Morgan fingerprint density at radius 2 is 2.00 bits per heavy atom. The number of benzene rings is 1. The molecule has 104 valence electrons. The van der Waals surface area contributed by atoms with Crippen LogP contribution in [-0.2, 0) is 4.74 Å². The van der Waals surface area contributed by atoms with Gasteiger partial charge in [0.1, 0.15) is 11.4 Å². The molecule has 0 saturated carbocycles. The van der Waals surface area contributed by atoms with Gasteiger partial charge in [-0.25, -0.2) is 10.2 Å². The predicted octanol–water partition coefficient (Wildman–Crippen LogP) is 2.94. The van der Waals surface area contributed by atoms with E-state index in [0.717, 1.165) is 11.3 Å². The van der Waals surface area contributed by atoms with Crippen molar-refractivity contribution < 1.29 is 14.3 Å². The van der Waals surface area contributed by atoms with Crippen molar-refractivity contribution in [3.05, 3.63) is 29.8 Å². The molecule has 1 aromatic rings. The zero-order valence-corrected chi connectivity index (χ0v) is 12.0. The fourth-order valence-corrected chi connectivity index (χ4v) is 1.34. The molecule has 0 aliphatic carbocycles. The molecule has 1 aromatic carbocycles. The molecule has 5 nitrogen and oxygen atoms in total. The standard InChI is InChI=1S/C14H20N2O3/c1-10(11-7-6-8-12(9-11)18-5)15-16-13(17)19-14(2,3)4/h6-9H,1-5H3,(H,16,17)/b15-10-. The zero-order valence-electron chi connectivity index (χ0n) is 12.0. The van der Waals surface area contributed by atoms with Crippen molar-refractivity contribution in [1.29, 1.82) is 0 Å². The van der Waals surface area contributed by atoms with Gasteiger partial charge >= 0.3 is 6.09 Å². The second-order valence-electron chi connectivity index (χ2n) is 5.04. The van der Waals surface area contributed by atoms with E-state index < -0.39 is 11.7 Å². The summed E-state index contributed by atoms with van der Waals surface area (Å²) in [6.07, 6.45) is -0.574. The lowest BCUT2D eigenvalue weighted by atomic mass is 10.1. The van der Waals surface area contributed by atoms with Gasteiger partial charge in [0.15, 0.2) is 0 Å². The summed E-state index contributed by atoms with van der Waals surface area (Å²) in [5, 5.41) is 3.99. The van der Waals surface area contributed by atoms with Gasteiger partial charge < -0.3 is 9.47 Å². The molecule has 0 aliphatic heterocycles. The third-order valence-corrected chi connectivity index (χ3v) is 2.20. The highest BCUT2D eigenvalue weighted by Crippen LogP contribution is 2.13. The Kier molecular flexibility index (Phi) is 4.92. The Labute approximate surface area is 113 Å². The summed E-state index contributed by atoms with van der Waals surface area (Å²) in [5.41, 5.74) is 3.36. The molecule has 0 bridgehead atoms. The fraction of sp³-hybridized carbons (Fsp3) is 0.429. The second-order valence-corrected chi connectivity index (χ2v) is 5.04. The summed E-state index contributed by atoms with van der Waals surface area (Å²) in [4.78, 5) is 11.5. The maximum absolute atomic E-state index is 11.5. The predicted molar refractivity (Wildman–Crippen MR) is 74.6 cm³/mol. The van der Waals surface area contributed by atoms with Crippen LogP contribution in [0.1, 0.15) is 33.3 Å². The molecular formula is C14H20N2O3. The highest BCUT2D eigenvalue weighted by atomic mass is 16.6. The van der Waals surface area contributed by atoms with E-state index in [-0.39, 0.29) is 0 Å². The molecule has 1 N–H and O–H groups in total. The molecular weight excluding hydrogens is 244 g/mol. The molecule has 0 aromatic heterocycles. The maximum atomic E-state index is 11.5. The molecule has 0 unspecified atom stereocenters. The Balaban J connectivity index is 2.69. The number of amides is 1.